The summed E-state index contributed by atoms with van der Waals surface area (Å²) in [7, 11) is 0. The van der Waals surface area contributed by atoms with Crippen LogP contribution < -0.4 is 4.74 Å². The van der Waals surface area contributed by atoms with E-state index in [2.05, 4.69) is 25.7 Å². The fourth-order valence-corrected chi connectivity index (χ4v) is 4.95. The quantitative estimate of drug-likeness (QED) is 0.673. The lowest BCUT2D eigenvalue weighted by Crippen LogP contribution is -2.34. The number of ether oxygens (including phenoxy) is 1. The summed E-state index contributed by atoms with van der Waals surface area (Å²) in [6, 6.07) is 6.49. The molecule has 1 saturated carbocycles. The van der Waals surface area contributed by atoms with Gasteiger partial charge < -0.3 is 20.1 Å². The molecule has 3 rings (SSSR count). The van der Waals surface area contributed by atoms with Gasteiger partial charge in [0.05, 0.1) is 6.61 Å². The molecule has 2 unspecified atom stereocenters. The third-order valence-corrected chi connectivity index (χ3v) is 5.46. The van der Waals surface area contributed by atoms with Crippen molar-refractivity contribution in [3.63, 3.8) is 0 Å². The fraction of sp³-hybridized carbons (Fsp3) is 0.619. The molecule has 0 amide bonds. The van der Waals surface area contributed by atoms with Crippen LogP contribution in [-0.4, -0.2) is 51.4 Å². The summed E-state index contributed by atoms with van der Waals surface area (Å²) in [4.78, 5) is 20.8. The highest BCUT2D eigenvalue weighted by molar-refractivity contribution is 6.27. The van der Waals surface area contributed by atoms with Gasteiger partial charge >= 0.3 is 11.9 Å². The first-order chi connectivity index (χ1) is 13.0. The average Bonchev–Trinajstić information content (AvgIpc) is 2.80. The summed E-state index contributed by atoms with van der Waals surface area (Å²) in [5.74, 6) is -2.73. The van der Waals surface area contributed by atoms with E-state index in [1.165, 1.54) is 19.3 Å². The maximum absolute atomic E-state index is 10.4. The topological polar surface area (TPSA) is 107 Å². The SMILES string of the molecule is CCOc1cccc(CN2CC3(C)CC2CC(C)(C)C3)c1O.O=C(O)C(=O)O. The number of carboxylic acid groups (broad SMARTS) is 2. The van der Waals surface area contributed by atoms with Crippen molar-refractivity contribution < 1.29 is 29.6 Å². The van der Waals surface area contributed by atoms with Gasteiger partial charge in [-0.05, 0) is 43.1 Å². The number of phenols is 1. The van der Waals surface area contributed by atoms with Crippen LogP contribution in [0.25, 0.3) is 0 Å². The molecule has 2 atom stereocenters. The molecule has 1 aromatic rings. The van der Waals surface area contributed by atoms with E-state index >= 15 is 0 Å². The summed E-state index contributed by atoms with van der Waals surface area (Å²) >= 11 is 0. The Labute approximate surface area is 165 Å². The van der Waals surface area contributed by atoms with Gasteiger partial charge in [0.2, 0.25) is 0 Å². The molecule has 1 aliphatic carbocycles. The second-order valence-corrected chi connectivity index (χ2v) is 8.93. The highest BCUT2D eigenvalue weighted by Crippen LogP contribution is 2.53. The largest absolute Gasteiger partial charge is 0.504 e. The van der Waals surface area contributed by atoms with Gasteiger partial charge in [-0.1, -0.05) is 32.9 Å². The molecule has 1 saturated heterocycles. The Morgan fingerprint density at radius 1 is 1.18 bits per heavy atom. The third kappa shape index (κ3) is 5.38. The Bertz CT molecular complexity index is 720. The van der Waals surface area contributed by atoms with Gasteiger partial charge in [-0.2, -0.15) is 0 Å². The van der Waals surface area contributed by atoms with Gasteiger partial charge in [-0.3, -0.25) is 4.90 Å². The molecule has 1 aromatic carbocycles. The predicted molar refractivity (Wildman–Crippen MR) is 104 cm³/mol. The molecule has 28 heavy (non-hydrogen) atoms. The molecular weight excluding hydrogens is 362 g/mol. The predicted octanol–water partition coefficient (Wildman–Crippen LogP) is 3.35. The van der Waals surface area contributed by atoms with Crippen molar-refractivity contribution in [2.75, 3.05) is 13.2 Å². The van der Waals surface area contributed by atoms with Crippen LogP contribution in [0.4, 0.5) is 0 Å². The van der Waals surface area contributed by atoms with E-state index in [0.29, 0.717) is 35.0 Å². The second-order valence-electron chi connectivity index (χ2n) is 8.93. The van der Waals surface area contributed by atoms with Crippen molar-refractivity contribution >= 4 is 11.9 Å². The van der Waals surface area contributed by atoms with E-state index in [0.717, 1.165) is 18.7 Å². The number of carboxylic acids is 2. The molecule has 2 bridgehead atoms. The number of benzene rings is 1. The smallest absolute Gasteiger partial charge is 0.414 e. The minimum atomic E-state index is -1.82. The molecule has 156 valence electrons. The third-order valence-electron chi connectivity index (χ3n) is 5.46. The number of rotatable bonds is 4. The normalized spacial score (nSPS) is 25.5. The zero-order chi connectivity index (χ0) is 21.1. The monoisotopic (exact) mass is 393 g/mol. The minimum Gasteiger partial charge on any atom is -0.504 e. The zero-order valence-electron chi connectivity index (χ0n) is 17.1. The summed E-state index contributed by atoms with van der Waals surface area (Å²) in [5, 5.41) is 25.2. The van der Waals surface area contributed by atoms with Crippen LogP contribution in [0.3, 0.4) is 0 Å². The summed E-state index contributed by atoms with van der Waals surface area (Å²) < 4.78 is 5.51. The van der Waals surface area contributed by atoms with E-state index in [-0.39, 0.29) is 0 Å². The zero-order valence-corrected chi connectivity index (χ0v) is 17.1. The number of phenolic OH excluding ortho intramolecular Hbond substituents is 1. The summed E-state index contributed by atoms with van der Waals surface area (Å²) in [6.45, 7) is 11.7. The number of fused-ring (bicyclic) bond motifs is 2. The maximum Gasteiger partial charge on any atom is 0.414 e. The molecular formula is C21H31NO6. The van der Waals surface area contributed by atoms with Gasteiger partial charge in [-0.15, -0.1) is 0 Å². The summed E-state index contributed by atoms with van der Waals surface area (Å²) in [6.07, 6.45) is 3.86. The number of carbonyl (C=O) groups is 2. The van der Waals surface area contributed by atoms with Crippen LogP contribution in [0.15, 0.2) is 18.2 Å². The molecule has 0 radical (unpaired) electrons. The number of hydrogen-bond acceptors (Lipinski definition) is 5. The van der Waals surface area contributed by atoms with Crippen molar-refractivity contribution in [2.45, 2.75) is 59.5 Å². The van der Waals surface area contributed by atoms with Gasteiger partial charge in [-0.25, -0.2) is 9.59 Å². The van der Waals surface area contributed by atoms with Crippen LogP contribution in [0, 0.1) is 10.8 Å². The Morgan fingerprint density at radius 2 is 1.82 bits per heavy atom. The van der Waals surface area contributed by atoms with Gasteiger partial charge in [0.25, 0.3) is 0 Å². The van der Waals surface area contributed by atoms with E-state index in [1.807, 2.05) is 25.1 Å². The van der Waals surface area contributed by atoms with Crippen LogP contribution in [0.1, 0.15) is 52.5 Å². The minimum absolute atomic E-state index is 0.315. The molecule has 7 heteroatoms. The first kappa shape index (κ1) is 22.0. The number of hydrogen-bond donors (Lipinski definition) is 3. The fourth-order valence-electron chi connectivity index (χ4n) is 4.95. The lowest BCUT2D eigenvalue weighted by molar-refractivity contribution is -0.159. The Balaban J connectivity index is 0.000000409. The molecule has 3 N–H and O–H groups in total. The van der Waals surface area contributed by atoms with Crippen molar-refractivity contribution in [1.82, 2.24) is 4.90 Å². The van der Waals surface area contributed by atoms with E-state index in [9.17, 15) is 5.11 Å². The number of para-hydroxylation sites is 1. The molecule has 2 aliphatic rings. The molecule has 1 heterocycles. The second kappa shape index (κ2) is 8.39. The Morgan fingerprint density at radius 3 is 2.39 bits per heavy atom. The van der Waals surface area contributed by atoms with Gasteiger partial charge in [0, 0.05) is 24.7 Å². The van der Waals surface area contributed by atoms with E-state index < -0.39 is 11.9 Å². The van der Waals surface area contributed by atoms with Crippen molar-refractivity contribution in [1.29, 1.82) is 0 Å². The van der Waals surface area contributed by atoms with Crippen LogP contribution in [-0.2, 0) is 16.1 Å². The van der Waals surface area contributed by atoms with Gasteiger partial charge in [0.15, 0.2) is 11.5 Å². The number of aromatic hydroxyl groups is 1. The molecule has 0 aromatic heterocycles. The van der Waals surface area contributed by atoms with Crippen molar-refractivity contribution in [3.8, 4) is 11.5 Å². The van der Waals surface area contributed by atoms with Gasteiger partial charge in [0.1, 0.15) is 0 Å². The first-order valence-electron chi connectivity index (χ1n) is 9.60. The average molecular weight is 393 g/mol. The van der Waals surface area contributed by atoms with Crippen LogP contribution >= 0.6 is 0 Å². The molecule has 7 nitrogen and oxygen atoms in total. The van der Waals surface area contributed by atoms with Crippen molar-refractivity contribution in [2.24, 2.45) is 10.8 Å². The van der Waals surface area contributed by atoms with Crippen LogP contribution in [0.2, 0.25) is 0 Å². The van der Waals surface area contributed by atoms with Crippen molar-refractivity contribution in [3.05, 3.63) is 23.8 Å². The molecule has 2 fully saturated rings. The van der Waals surface area contributed by atoms with E-state index in [1.54, 1.807) is 0 Å². The lowest BCUT2D eigenvalue weighted by Gasteiger charge is -2.40. The standard InChI is InChI=1S/C19H29NO2.C2H2O4/c1-5-22-16-8-6-7-14(17(16)21)11-20-13-19(4)10-15(20)9-18(2,3)12-19;3-1(4)2(5)6/h6-8,15,21H,5,9-13H2,1-4H3;(H,3,4)(H,5,6). The highest BCUT2D eigenvalue weighted by Gasteiger charge is 2.49. The Hall–Kier alpha value is -2.28. The number of likely N-dealkylation sites (tertiary alicyclic amines) is 1. The first-order valence-corrected chi connectivity index (χ1v) is 9.60. The molecule has 1 aliphatic heterocycles. The number of nitrogens with zero attached hydrogens (tertiary/aromatic N) is 1. The maximum atomic E-state index is 10.4. The number of aliphatic carboxylic acids is 2. The Kier molecular flexibility index (Phi) is 6.59. The highest BCUT2D eigenvalue weighted by atomic mass is 16.5. The summed E-state index contributed by atoms with van der Waals surface area (Å²) in [5.41, 5.74) is 1.85. The lowest BCUT2D eigenvalue weighted by atomic mass is 9.65. The molecule has 0 spiro atoms. The van der Waals surface area contributed by atoms with Crippen LogP contribution in [0.5, 0.6) is 11.5 Å². The van der Waals surface area contributed by atoms with E-state index in [4.69, 9.17) is 24.5 Å².